The normalized spacial score (nSPS) is 10.9. The highest BCUT2D eigenvalue weighted by molar-refractivity contribution is 7.22. The summed E-state index contributed by atoms with van der Waals surface area (Å²) in [7, 11) is 4.00. The summed E-state index contributed by atoms with van der Waals surface area (Å²) >= 11 is 19.9. The van der Waals surface area contributed by atoms with Crippen molar-refractivity contribution in [2.24, 2.45) is 0 Å². The summed E-state index contributed by atoms with van der Waals surface area (Å²) in [5.41, 5.74) is 1.10. The maximum Gasteiger partial charge on any atom is 0.261 e. The number of fused-ring (bicyclic) bond motifs is 1. The molecule has 0 radical (unpaired) electrons. The van der Waals surface area contributed by atoms with Crippen molar-refractivity contribution in [1.82, 2.24) is 9.88 Å². The molecule has 1 amide bonds. The number of hydrogen-bond donors (Lipinski definition) is 0. The number of thiazole rings is 1. The molecule has 0 aliphatic carbocycles. The van der Waals surface area contributed by atoms with Crippen molar-refractivity contribution in [1.29, 1.82) is 0 Å². The molecule has 0 saturated heterocycles. The van der Waals surface area contributed by atoms with Crippen molar-refractivity contribution in [3.05, 3.63) is 57.0 Å². The number of carbonyl (C=O) groups is 1. The van der Waals surface area contributed by atoms with E-state index in [2.05, 4.69) is 9.88 Å². The van der Waals surface area contributed by atoms with Crippen LogP contribution in [0, 0.1) is 0 Å². The Hall–Kier alpha value is -1.08. The average Bonchev–Trinajstić information content (AvgIpc) is 3.03. The number of benzene rings is 2. The van der Waals surface area contributed by atoms with E-state index in [-0.39, 0.29) is 18.3 Å². The highest BCUT2D eigenvalue weighted by atomic mass is 35.5. The van der Waals surface area contributed by atoms with Gasteiger partial charge in [-0.15, -0.1) is 12.4 Å². The summed E-state index contributed by atoms with van der Waals surface area (Å²) in [5, 5.41) is 1.99. The molecule has 1 aromatic heterocycles. The van der Waals surface area contributed by atoms with Gasteiger partial charge in [-0.25, -0.2) is 4.98 Å². The average molecular weight is 479 g/mol. The van der Waals surface area contributed by atoms with Gasteiger partial charge < -0.3 is 4.90 Å². The van der Waals surface area contributed by atoms with Crippen LogP contribution >= 0.6 is 58.5 Å². The number of nitrogens with zero attached hydrogens (tertiary/aromatic N) is 3. The number of para-hydroxylation sites is 1. The number of carbonyl (C=O) groups excluding carboxylic acids is 1. The minimum atomic E-state index is -0.203. The van der Waals surface area contributed by atoms with Gasteiger partial charge in [0.05, 0.1) is 20.3 Å². The van der Waals surface area contributed by atoms with Gasteiger partial charge in [0.1, 0.15) is 5.52 Å². The summed E-state index contributed by atoms with van der Waals surface area (Å²) in [6.45, 7) is 1.37. The monoisotopic (exact) mass is 477 g/mol. The molecule has 3 rings (SSSR count). The van der Waals surface area contributed by atoms with Gasteiger partial charge in [-0.2, -0.15) is 0 Å². The SMILES string of the molecule is CN(C)CCCN(C(=O)c1ccc(Cl)cc1Cl)c1nc2c(Cl)cccc2s1.Cl. The Morgan fingerprint density at radius 2 is 1.82 bits per heavy atom. The van der Waals surface area contributed by atoms with E-state index < -0.39 is 0 Å². The van der Waals surface area contributed by atoms with E-state index in [0.717, 1.165) is 17.7 Å². The van der Waals surface area contributed by atoms with Crippen LogP contribution in [0.15, 0.2) is 36.4 Å². The maximum absolute atomic E-state index is 13.2. The van der Waals surface area contributed by atoms with Gasteiger partial charge >= 0.3 is 0 Å². The van der Waals surface area contributed by atoms with Crippen LogP contribution in [0.2, 0.25) is 15.1 Å². The zero-order chi connectivity index (χ0) is 19.6. The quantitative estimate of drug-likeness (QED) is 0.418. The second kappa shape index (κ2) is 10.1. The largest absolute Gasteiger partial charge is 0.309 e. The Morgan fingerprint density at radius 3 is 2.46 bits per heavy atom. The Kier molecular flexibility index (Phi) is 8.37. The van der Waals surface area contributed by atoms with Gasteiger partial charge in [0, 0.05) is 11.6 Å². The molecule has 1 heterocycles. The van der Waals surface area contributed by atoms with Crippen LogP contribution in [0.1, 0.15) is 16.8 Å². The number of anilines is 1. The third-order valence-corrected chi connectivity index (χ3v) is 5.88. The molecule has 28 heavy (non-hydrogen) atoms. The molecule has 2 aromatic carbocycles. The zero-order valence-corrected chi connectivity index (χ0v) is 19.2. The summed E-state index contributed by atoms with van der Waals surface area (Å²) in [6.07, 6.45) is 0.799. The maximum atomic E-state index is 13.2. The lowest BCUT2D eigenvalue weighted by molar-refractivity contribution is 0.0986. The second-order valence-corrected chi connectivity index (χ2v) is 8.58. The Balaban J connectivity index is 0.00000280. The van der Waals surface area contributed by atoms with E-state index in [4.69, 9.17) is 34.8 Å². The molecule has 0 aliphatic rings. The van der Waals surface area contributed by atoms with Crippen molar-refractivity contribution in [2.75, 3.05) is 32.1 Å². The fourth-order valence-corrected chi connectivity index (χ4v) is 4.44. The van der Waals surface area contributed by atoms with Gasteiger partial charge in [-0.1, -0.05) is 52.2 Å². The lowest BCUT2D eigenvalue weighted by Gasteiger charge is -2.21. The lowest BCUT2D eigenvalue weighted by Crippen LogP contribution is -2.33. The van der Waals surface area contributed by atoms with Crippen LogP contribution in [0.4, 0.5) is 5.13 Å². The van der Waals surface area contributed by atoms with Crippen LogP contribution in [0.5, 0.6) is 0 Å². The van der Waals surface area contributed by atoms with Crippen molar-refractivity contribution < 1.29 is 4.79 Å². The first-order valence-corrected chi connectivity index (χ1v) is 10.3. The fourth-order valence-electron chi connectivity index (χ4n) is 2.66. The summed E-state index contributed by atoms with van der Waals surface area (Å²) in [6, 6.07) is 10.5. The highest BCUT2D eigenvalue weighted by Gasteiger charge is 2.23. The molecule has 0 spiro atoms. The number of rotatable bonds is 6. The molecule has 0 aliphatic heterocycles. The molecule has 3 aromatic rings. The smallest absolute Gasteiger partial charge is 0.261 e. The van der Waals surface area contributed by atoms with Crippen molar-refractivity contribution in [2.45, 2.75) is 6.42 Å². The second-order valence-electron chi connectivity index (χ2n) is 6.32. The lowest BCUT2D eigenvalue weighted by atomic mass is 10.2. The predicted octanol–water partition coefficient (Wildman–Crippen LogP) is 6.28. The minimum absolute atomic E-state index is 0. The van der Waals surface area contributed by atoms with Crippen molar-refractivity contribution in [3.8, 4) is 0 Å². The van der Waals surface area contributed by atoms with Gasteiger partial charge in [0.25, 0.3) is 5.91 Å². The van der Waals surface area contributed by atoms with Gasteiger partial charge in [-0.3, -0.25) is 9.69 Å². The van der Waals surface area contributed by atoms with E-state index in [1.54, 1.807) is 29.2 Å². The van der Waals surface area contributed by atoms with Crippen LogP contribution in [0.25, 0.3) is 10.2 Å². The molecule has 0 bridgehead atoms. The van der Waals surface area contributed by atoms with E-state index in [0.29, 0.717) is 37.8 Å². The van der Waals surface area contributed by atoms with Crippen molar-refractivity contribution >= 4 is 79.8 Å². The van der Waals surface area contributed by atoms with Gasteiger partial charge in [0.15, 0.2) is 5.13 Å². The van der Waals surface area contributed by atoms with Gasteiger partial charge in [0.2, 0.25) is 0 Å². The van der Waals surface area contributed by atoms with Crippen LogP contribution in [-0.2, 0) is 0 Å². The van der Waals surface area contributed by atoms with Crippen LogP contribution < -0.4 is 4.90 Å². The van der Waals surface area contributed by atoms with Crippen LogP contribution in [0.3, 0.4) is 0 Å². The van der Waals surface area contributed by atoms with E-state index >= 15 is 0 Å². The summed E-state index contributed by atoms with van der Waals surface area (Å²) in [4.78, 5) is 21.6. The molecule has 0 atom stereocenters. The molecular weight excluding hydrogens is 460 g/mol. The third-order valence-electron chi connectivity index (χ3n) is 3.98. The van der Waals surface area contributed by atoms with E-state index in [1.165, 1.54) is 11.3 Å². The van der Waals surface area contributed by atoms with Crippen LogP contribution in [-0.4, -0.2) is 43.0 Å². The first-order valence-electron chi connectivity index (χ1n) is 8.33. The zero-order valence-electron chi connectivity index (χ0n) is 15.3. The molecule has 0 saturated carbocycles. The van der Waals surface area contributed by atoms with E-state index in [1.807, 2.05) is 26.2 Å². The molecule has 0 N–H and O–H groups in total. The Morgan fingerprint density at radius 1 is 1.07 bits per heavy atom. The first kappa shape index (κ1) is 23.2. The standard InChI is InChI=1S/C19H18Cl3N3OS.ClH/c1-24(2)9-4-10-25(18(26)13-8-7-12(20)11-15(13)22)19-23-17-14(21)5-3-6-16(17)27-19;/h3,5-8,11H,4,9-10H2,1-2H3;1H. The Labute approximate surface area is 189 Å². The molecule has 0 unspecified atom stereocenters. The molecule has 0 fully saturated rings. The van der Waals surface area contributed by atoms with E-state index in [9.17, 15) is 4.79 Å². The summed E-state index contributed by atoms with van der Waals surface area (Å²) < 4.78 is 0.935. The number of halogens is 4. The first-order chi connectivity index (χ1) is 12.9. The predicted molar refractivity (Wildman–Crippen MR) is 123 cm³/mol. The minimum Gasteiger partial charge on any atom is -0.309 e. The molecule has 9 heteroatoms. The third kappa shape index (κ3) is 5.29. The number of aromatic nitrogens is 1. The molecule has 4 nitrogen and oxygen atoms in total. The topological polar surface area (TPSA) is 36.4 Å². The fraction of sp³-hybridized carbons (Fsp3) is 0.263. The van der Waals surface area contributed by atoms with Gasteiger partial charge in [-0.05, 0) is 57.4 Å². The molecule has 150 valence electrons. The highest BCUT2D eigenvalue weighted by Crippen LogP contribution is 2.34. The Bertz CT molecular complexity index is 977. The molecular formula is C19H19Cl4N3OS. The van der Waals surface area contributed by atoms with Crippen molar-refractivity contribution in [3.63, 3.8) is 0 Å². The number of hydrogen-bond acceptors (Lipinski definition) is 4. The number of amides is 1. The summed E-state index contributed by atoms with van der Waals surface area (Å²) in [5.74, 6) is -0.203.